The van der Waals surface area contributed by atoms with Gasteiger partial charge < -0.3 is 18.9 Å². The van der Waals surface area contributed by atoms with Gasteiger partial charge in [0.25, 0.3) is 0 Å². The topological polar surface area (TPSA) is 60.5 Å². The van der Waals surface area contributed by atoms with Crippen molar-refractivity contribution in [2.75, 3.05) is 51.0 Å². The van der Waals surface area contributed by atoms with Crippen LogP contribution in [0.1, 0.15) is 58.2 Å². The van der Waals surface area contributed by atoms with Gasteiger partial charge in [0.1, 0.15) is 18.0 Å². The number of fused-ring (bicyclic) bond motifs is 2. The normalized spacial score (nSPS) is 17.3. The fraction of sp³-hybridized carbons (Fsp3) is 0.552. The van der Waals surface area contributed by atoms with E-state index < -0.39 is 11.7 Å². The van der Waals surface area contributed by atoms with Gasteiger partial charge in [-0.1, -0.05) is 32.0 Å². The number of hydrogen-bond donors (Lipinski definition) is 0. The van der Waals surface area contributed by atoms with Gasteiger partial charge in [0.15, 0.2) is 0 Å². The Kier molecular flexibility index (Phi) is 7.93. The van der Waals surface area contributed by atoms with Crippen molar-refractivity contribution in [1.82, 2.24) is 4.90 Å². The Morgan fingerprint density at radius 1 is 1.03 bits per heavy atom. The first-order valence-electron chi connectivity index (χ1n) is 12.9. The maximum Gasteiger partial charge on any atom is 0.419 e. The minimum atomic E-state index is -0.625. The van der Waals surface area contributed by atoms with E-state index in [2.05, 4.69) is 36.9 Å². The molecule has 7 nitrogen and oxygen atoms in total. The fourth-order valence-electron chi connectivity index (χ4n) is 4.81. The summed E-state index contributed by atoms with van der Waals surface area (Å²) < 4.78 is 23.1. The zero-order chi connectivity index (χ0) is 25.9. The third kappa shape index (κ3) is 5.85. The summed E-state index contributed by atoms with van der Waals surface area (Å²) in [5.74, 6) is 0.736. The van der Waals surface area contributed by atoms with Crippen LogP contribution in [0.4, 0.5) is 16.2 Å². The molecule has 2 aromatic carbocycles. The number of benzene rings is 2. The highest BCUT2D eigenvalue weighted by Crippen LogP contribution is 2.50. The van der Waals surface area contributed by atoms with Gasteiger partial charge in [-0.2, -0.15) is 0 Å². The maximum absolute atomic E-state index is 13.6. The number of anilines is 2. The first-order chi connectivity index (χ1) is 17.1. The predicted octanol–water partition coefficient (Wildman–Crippen LogP) is 5.65. The van der Waals surface area contributed by atoms with Gasteiger partial charge in [0.05, 0.1) is 31.2 Å². The molecule has 36 heavy (non-hydrogen) atoms. The molecule has 0 bridgehead atoms. The van der Waals surface area contributed by atoms with Crippen molar-refractivity contribution in [2.45, 2.75) is 59.2 Å². The van der Waals surface area contributed by atoms with E-state index >= 15 is 0 Å². The highest BCUT2D eigenvalue weighted by Gasteiger charge is 2.40. The Hall–Kier alpha value is -2.61. The lowest BCUT2D eigenvalue weighted by Crippen LogP contribution is -2.40. The maximum atomic E-state index is 13.6. The molecule has 0 radical (unpaired) electrons. The van der Waals surface area contributed by atoms with Crippen LogP contribution in [-0.4, -0.2) is 62.7 Å². The quantitative estimate of drug-likeness (QED) is 0.494. The lowest BCUT2D eigenvalue weighted by Gasteiger charge is -2.41. The van der Waals surface area contributed by atoms with Crippen LogP contribution in [0.2, 0.25) is 0 Å². The summed E-state index contributed by atoms with van der Waals surface area (Å²) >= 11 is 0. The van der Waals surface area contributed by atoms with Crippen molar-refractivity contribution in [3.8, 4) is 5.75 Å². The number of ether oxygens (including phenoxy) is 4. The largest absolute Gasteiger partial charge is 0.492 e. The van der Waals surface area contributed by atoms with E-state index in [-0.39, 0.29) is 5.41 Å². The van der Waals surface area contributed by atoms with Crippen LogP contribution in [0, 0.1) is 0 Å². The Bertz CT molecular complexity index is 1070. The lowest BCUT2D eigenvalue weighted by molar-refractivity contribution is 0.0322. The van der Waals surface area contributed by atoms with Crippen molar-refractivity contribution in [3.05, 3.63) is 53.1 Å². The van der Waals surface area contributed by atoms with Gasteiger partial charge in [-0.3, -0.25) is 4.90 Å². The smallest absolute Gasteiger partial charge is 0.419 e. The summed E-state index contributed by atoms with van der Waals surface area (Å²) in [6.45, 7) is 17.9. The minimum Gasteiger partial charge on any atom is -0.492 e. The van der Waals surface area contributed by atoms with Crippen molar-refractivity contribution in [1.29, 1.82) is 0 Å². The SMILES string of the molecule is CCOCc1ccc2c(c1)N(C(=O)OC(C)(C)C)c1cc(OCCN3CCOCC3)ccc1C2(C)C. The van der Waals surface area contributed by atoms with E-state index in [0.717, 1.165) is 66.7 Å². The van der Waals surface area contributed by atoms with Crippen LogP contribution in [0.5, 0.6) is 5.75 Å². The fourth-order valence-corrected chi connectivity index (χ4v) is 4.81. The van der Waals surface area contributed by atoms with Crippen LogP contribution in [-0.2, 0) is 26.2 Å². The Morgan fingerprint density at radius 2 is 1.69 bits per heavy atom. The second kappa shape index (κ2) is 10.8. The third-order valence-electron chi connectivity index (χ3n) is 6.69. The Labute approximate surface area is 215 Å². The van der Waals surface area contributed by atoms with Gasteiger partial charge in [0.2, 0.25) is 0 Å². The molecule has 2 aromatic rings. The number of nitrogens with zero attached hydrogens (tertiary/aromatic N) is 2. The van der Waals surface area contributed by atoms with Crippen molar-refractivity contribution < 1.29 is 23.7 Å². The monoisotopic (exact) mass is 496 g/mol. The third-order valence-corrected chi connectivity index (χ3v) is 6.69. The van der Waals surface area contributed by atoms with Crippen LogP contribution in [0.15, 0.2) is 36.4 Å². The lowest BCUT2D eigenvalue weighted by atomic mass is 9.73. The first-order valence-corrected chi connectivity index (χ1v) is 12.9. The molecule has 7 heteroatoms. The summed E-state index contributed by atoms with van der Waals surface area (Å²) in [5.41, 5.74) is 3.82. The number of hydrogen-bond acceptors (Lipinski definition) is 6. The number of carbonyl (C=O) groups excluding carboxylic acids is 1. The highest BCUT2D eigenvalue weighted by molar-refractivity contribution is 6.00. The first kappa shape index (κ1) is 26.5. The van der Waals surface area contributed by atoms with Gasteiger partial charge >= 0.3 is 6.09 Å². The molecule has 0 spiro atoms. The number of rotatable bonds is 7. The molecule has 0 saturated carbocycles. The molecule has 1 saturated heterocycles. The number of carbonyl (C=O) groups is 1. The van der Waals surface area contributed by atoms with Gasteiger partial charge in [-0.05, 0) is 56.5 Å². The van der Waals surface area contributed by atoms with Crippen LogP contribution in [0.25, 0.3) is 0 Å². The zero-order valence-corrected chi connectivity index (χ0v) is 22.6. The average molecular weight is 497 g/mol. The summed E-state index contributed by atoms with van der Waals surface area (Å²) in [4.78, 5) is 17.7. The molecule has 2 heterocycles. The average Bonchev–Trinajstić information content (AvgIpc) is 2.82. The van der Waals surface area contributed by atoms with E-state index in [1.54, 1.807) is 4.90 Å². The van der Waals surface area contributed by atoms with Gasteiger partial charge in [-0.25, -0.2) is 9.69 Å². The molecule has 0 aromatic heterocycles. The van der Waals surface area contributed by atoms with Crippen LogP contribution < -0.4 is 9.64 Å². The predicted molar refractivity (Wildman–Crippen MR) is 141 cm³/mol. The zero-order valence-electron chi connectivity index (χ0n) is 22.6. The molecule has 0 aliphatic carbocycles. The van der Waals surface area contributed by atoms with E-state index in [1.807, 2.05) is 45.9 Å². The van der Waals surface area contributed by atoms with Crippen molar-refractivity contribution in [2.24, 2.45) is 0 Å². The number of amides is 1. The molecular weight excluding hydrogens is 456 g/mol. The van der Waals surface area contributed by atoms with Crippen LogP contribution >= 0.6 is 0 Å². The second-order valence-corrected chi connectivity index (χ2v) is 10.9. The second-order valence-electron chi connectivity index (χ2n) is 10.9. The summed E-state index contributed by atoms with van der Waals surface area (Å²) in [6.07, 6.45) is -0.403. The molecule has 0 unspecified atom stereocenters. The Balaban J connectivity index is 1.69. The molecule has 196 valence electrons. The van der Waals surface area contributed by atoms with Crippen molar-refractivity contribution in [3.63, 3.8) is 0 Å². The molecule has 2 aliphatic rings. The molecule has 2 aliphatic heterocycles. The summed E-state index contributed by atoms with van der Waals surface area (Å²) in [6, 6.07) is 12.3. The molecule has 1 amide bonds. The van der Waals surface area contributed by atoms with Gasteiger partial charge in [0, 0.05) is 37.7 Å². The summed E-state index contributed by atoms with van der Waals surface area (Å²) in [5, 5.41) is 0. The minimum absolute atomic E-state index is 0.306. The van der Waals surface area contributed by atoms with Crippen molar-refractivity contribution >= 4 is 17.5 Å². The molecule has 0 N–H and O–H groups in total. The molecular formula is C29H40N2O5. The van der Waals surface area contributed by atoms with E-state index in [1.165, 1.54) is 0 Å². The van der Waals surface area contributed by atoms with E-state index in [0.29, 0.717) is 19.8 Å². The Morgan fingerprint density at radius 3 is 2.36 bits per heavy atom. The standard InChI is InChI=1S/C29H40N2O5/c1-7-33-20-21-8-10-23-25(18-21)31(27(32)36-28(2,3)4)26-19-22(9-11-24(26)29(23,5)6)35-17-14-30-12-15-34-16-13-30/h8-11,18-19H,7,12-17,20H2,1-6H3. The molecule has 0 atom stereocenters. The highest BCUT2D eigenvalue weighted by atomic mass is 16.6. The molecule has 4 rings (SSSR count). The number of morpholine rings is 1. The van der Waals surface area contributed by atoms with E-state index in [4.69, 9.17) is 18.9 Å². The van der Waals surface area contributed by atoms with E-state index in [9.17, 15) is 4.79 Å². The van der Waals surface area contributed by atoms with Gasteiger partial charge in [-0.15, -0.1) is 0 Å². The van der Waals surface area contributed by atoms with Crippen LogP contribution in [0.3, 0.4) is 0 Å². The summed E-state index contributed by atoms with van der Waals surface area (Å²) in [7, 11) is 0. The molecule has 1 fully saturated rings.